The summed E-state index contributed by atoms with van der Waals surface area (Å²) < 4.78 is 5.31. The Morgan fingerprint density at radius 3 is 1.38 bits per heavy atom. The van der Waals surface area contributed by atoms with Crippen LogP contribution in [0.1, 0.15) is 103 Å². The highest BCUT2D eigenvalue weighted by Gasteiger charge is 2.02. The second kappa shape index (κ2) is 21.5. The number of carbonyl (C=O) groups is 1. The molecule has 0 rings (SSSR count). The van der Waals surface area contributed by atoms with Crippen LogP contribution in [0.2, 0.25) is 0 Å². The van der Waals surface area contributed by atoms with Gasteiger partial charge in [-0.3, -0.25) is 4.79 Å². The van der Waals surface area contributed by atoms with E-state index in [9.17, 15) is 4.79 Å². The number of ether oxygens (including phenoxy) is 1. The van der Waals surface area contributed by atoms with E-state index in [2.05, 4.69) is 31.9 Å². The third-order valence-electron chi connectivity index (χ3n) is 4.31. The lowest BCUT2D eigenvalue weighted by atomic mass is 10.1. The van der Waals surface area contributed by atoms with E-state index < -0.39 is 0 Å². The topological polar surface area (TPSA) is 26.3 Å². The number of rotatable bonds is 19. The van der Waals surface area contributed by atoms with Crippen LogP contribution in [0.25, 0.3) is 0 Å². The molecule has 4 heteroatoms. The standard InChI is InChI=1S/C20H38Br2O2/c21-17-13-9-5-1-2-7-11-15-19-24-20(23)16-12-8-4-3-6-10-14-18-22/h1-19H2. The summed E-state index contributed by atoms with van der Waals surface area (Å²) in [6.45, 7) is 0.620. The zero-order chi connectivity index (χ0) is 17.7. The Hall–Kier alpha value is 0.430. The molecule has 0 fully saturated rings. The molecule has 0 saturated heterocycles. The smallest absolute Gasteiger partial charge is 0.305 e. The van der Waals surface area contributed by atoms with Crippen molar-refractivity contribution in [1.29, 1.82) is 0 Å². The summed E-state index contributed by atoms with van der Waals surface area (Å²) in [6, 6.07) is 0. The summed E-state index contributed by atoms with van der Waals surface area (Å²) in [4.78, 5) is 11.6. The van der Waals surface area contributed by atoms with E-state index in [0.29, 0.717) is 13.0 Å². The average Bonchev–Trinajstić information content (AvgIpc) is 2.59. The average molecular weight is 470 g/mol. The molecule has 0 unspecified atom stereocenters. The van der Waals surface area contributed by atoms with Gasteiger partial charge in [0.05, 0.1) is 6.61 Å². The quantitative estimate of drug-likeness (QED) is 0.111. The van der Waals surface area contributed by atoms with Crippen molar-refractivity contribution in [3.05, 3.63) is 0 Å². The van der Waals surface area contributed by atoms with Gasteiger partial charge in [-0.05, 0) is 25.7 Å². The van der Waals surface area contributed by atoms with Crippen LogP contribution >= 0.6 is 31.9 Å². The maximum atomic E-state index is 11.6. The Balaban J connectivity index is 3.13. The molecule has 0 spiro atoms. The number of halogens is 2. The number of hydrogen-bond donors (Lipinski definition) is 0. The third kappa shape index (κ3) is 20.5. The Kier molecular flexibility index (Phi) is 21.9. The second-order valence-corrected chi connectivity index (χ2v) is 8.24. The summed E-state index contributed by atoms with van der Waals surface area (Å²) in [5.41, 5.74) is 0. The van der Waals surface area contributed by atoms with Crippen LogP contribution in [0, 0.1) is 0 Å². The molecular formula is C20H38Br2O2. The first-order valence-corrected chi connectivity index (χ1v) is 12.3. The van der Waals surface area contributed by atoms with Crippen LogP contribution < -0.4 is 0 Å². The number of carbonyl (C=O) groups excluding carboxylic acids is 1. The molecule has 0 aliphatic carbocycles. The maximum Gasteiger partial charge on any atom is 0.305 e. The fourth-order valence-corrected chi connectivity index (χ4v) is 3.56. The molecule has 0 amide bonds. The fraction of sp³-hybridized carbons (Fsp3) is 0.950. The minimum Gasteiger partial charge on any atom is -0.466 e. The molecule has 0 aromatic carbocycles. The zero-order valence-corrected chi connectivity index (χ0v) is 18.7. The Morgan fingerprint density at radius 1 is 0.542 bits per heavy atom. The minimum absolute atomic E-state index is 0.00376. The van der Waals surface area contributed by atoms with Gasteiger partial charge in [0.1, 0.15) is 0 Å². The number of alkyl halides is 2. The molecule has 0 saturated carbocycles. The van der Waals surface area contributed by atoms with Crippen molar-refractivity contribution in [2.45, 2.75) is 103 Å². The molecule has 2 nitrogen and oxygen atoms in total. The lowest BCUT2D eigenvalue weighted by Crippen LogP contribution is -2.05. The molecule has 0 N–H and O–H groups in total. The van der Waals surface area contributed by atoms with Crippen molar-refractivity contribution in [3.63, 3.8) is 0 Å². The van der Waals surface area contributed by atoms with Gasteiger partial charge < -0.3 is 4.74 Å². The van der Waals surface area contributed by atoms with Gasteiger partial charge in [-0.25, -0.2) is 0 Å². The molecule has 0 radical (unpaired) electrons. The number of hydrogen-bond acceptors (Lipinski definition) is 2. The summed E-state index contributed by atoms with van der Waals surface area (Å²) in [5.74, 6) is 0.00376. The zero-order valence-electron chi connectivity index (χ0n) is 15.5. The molecule has 24 heavy (non-hydrogen) atoms. The van der Waals surface area contributed by atoms with E-state index in [1.807, 2.05) is 0 Å². The van der Waals surface area contributed by atoms with Gasteiger partial charge in [-0.1, -0.05) is 102 Å². The van der Waals surface area contributed by atoms with Gasteiger partial charge in [0.15, 0.2) is 0 Å². The minimum atomic E-state index is 0.00376. The number of esters is 1. The molecule has 0 aliphatic rings. The highest BCUT2D eigenvalue weighted by atomic mass is 79.9. The van der Waals surface area contributed by atoms with E-state index in [0.717, 1.165) is 23.5 Å². The third-order valence-corrected chi connectivity index (χ3v) is 5.43. The van der Waals surface area contributed by atoms with Crippen LogP contribution in [0.5, 0.6) is 0 Å². The monoisotopic (exact) mass is 468 g/mol. The van der Waals surface area contributed by atoms with Crippen molar-refractivity contribution in [2.75, 3.05) is 17.3 Å². The summed E-state index contributed by atoms with van der Waals surface area (Å²) >= 11 is 6.92. The Labute approximate surface area is 167 Å². The highest BCUT2D eigenvalue weighted by molar-refractivity contribution is 9.09. The Morgan fingerprint density at radius 2 is 0.917 bits per heavy atom. The second-order valence-electron chi connectivity index (χ2n) is 6.65. The van der Waals surface area contributed by atoms with Gasteiger partial charge in [-0.15, -0.1) is 0 Å². The molecule has 144 valence electrons. The van der Waals surface area contributed by atoms with Crippen molar-refractivity contribution in [1.82, 2.24) is 0 Å². The molecule has 0 atom stereocenters. The number of unbranched alkanes of at least 4 members (excludes halogenated alkanes) is 13. The van der Waals surface area contributed by atoms with Gasteiger partial charge >= 0.3 is 5.97 Å². The van der Waals surface area contributed by atoms with E-state index in [-0.39, 0.29) is 5.97 Å². The van der Waals surface area contributed by atoms with Gasteiger partial charge in [0.25, 0.3) is 0 Å². The highest BCUT2D eigenvalue weighted by Crippen LogP contribution is 2.11. The fourth-order valence-electron chi connectivity index (χ4n) is 2.76. The summed E-state index contributed by atoms with van der Waals surface area (Å²) in [5, 5.41) is 2.26. The van der Waals surface area contributed by atoms with E-state index in [1.54, 1.807) is 0 Å². The van der Waals surface area contributed by atoms with Crippen LogP contribution in [0.15, 0.2) is 0 Å². The first-order chi connectivity index (χ1) is 11.8. The first kappa shape index (κ1) is 24.4. The molecule has 0 aromatic rings. The van der Waals surface area contributed by atoms with E-state index in [1.165, 1.54) is 83.5 Å². The predicted molar refractivity (Wildman–Crippen MR) is 112 cm³/mol. The molecule has 0 aliphatic heterocycles. The largest absolute Gasteiger partial charge is 0.466 e. The predicted octanol–water partition coefficient (Wildman–Crippen LogP) is 7.56. The summed E-state index contributed by atoms with van der Waals surface area (Å²) in [6.07, 6.45) is 19.4. The van der Waals surface area contributed by atoms with Gasteiger partial charge in [0, 0.05) is 17.1 Å². The van der Waals surface area contributed by atoms with Crippen LogP contribution in [0.4, 0.5) is 0 Å². The van der Waals surface area contributed by atoms with E-state index >= 15 is 0 Å². The lowest BCUT2D eigenvalue weighted by molar-refractivity contribution is -0.143. The lowest BCUT2D eigenvalue weighted by Gasteiger charge is -2.05. The maximum absolute atomic E-state index is 11.6. The molecular weight excluding hydrogens is 432 g/mol. The van der Waals surface area contributed by atoms with Gasteiger partial charge in [0.2, 0.25) is 0 Å². The van der Waals surface area contributed by atoms with Crippen LogP contribution in [0.3, 0.4) is 0 Å². The summed E-state index contributed by atoms with van der Waals surface area (Å²) in [7, 11) is 0. The normalized spacial score (nSPS) is 10.9. The molecule has 0 bridgehead atoms. The van der Waals surface area contributed by atoms with E-state index in [4.69, 9.17) is 4.74 Å². The van der Waals surface area contributed by atoms with Crippen molar-refractivity contribution in [3.8, 4) is 0 Å². The van der Waals surface area contributed by atoms with Crippen molar-refractivity contribution in [2.24, 2.45) is 0 Å². The van der Waals surface area contributed by atoms with Gasteiger partial charge in [-0.2, -0.15) is 0 Å². The molecule has 0 aromatic heterocycles. The van der Waals surface area contributed by atoms with Crippen molar-refractivity contribution >= 4 is 37.8 Å². The first-order valence-electron chi connectivity index (χ1n) is 10.1. The van der Waals surface area contributed by atoms with Crippen molar-refractivity contribution < 1.29 is 9.53 Å². The Bertz CT molecular complexity index is 260. The van der Waals surface area contributed by atoms with Crippen LogP contribution in [-0.4, -0.2) is 23.2 Å². The molecule has 0 heterocycles. The van der Waals surface area contributed by atoms with Crippen LogP contribution in [-0.2, 0) is 9.53 Å². The SMILES string of the molecule is O=C(CCCCCCCCCBr)OCCCCCCCCCCBr.